The van der Waals surface area contributed by atoms with Gasteiger partial charge in [-0.15, -0.1) is 0 Å². The second-order valence-corrected chi connectivity index (χ2v) is 5.63. The van der Waals surface area contributed by atoms with Gasteiger partial charge in [-0.05, 0) is 25.5 Å². The van der Waals surface area contributed by atoms with E-state index >= 15 is 0 Å². The maximum absolute atomic E-state index is 11.6. The Kier molecular flexibility index (Phi) is 3.76. The molecule has 5 nitrogen and oxygen atoms in total. The van der Waals surface area contributed by atoms with Crippen LogP contribution in [0.15, 0.2) is 36.4 Å². The van der Waals surface area contributed by atoms with Gasteiger partial charge in [0, 0.05) is 16.6 Å². The minimum Gasteiger partial charge on any atom is -0.478 e. The van der Waals surface area contributed by atoms with E-state index in [0.29, 0.717) is 24.5 Å². The van der Waals surface area contributed by atoms with Gasteiger partial charge in [-0.25, -0.2) is 4.79 Å². The SMILES string of the molecule is C=C1COC(C(C)n2c(C)c(C(=O)O)c3ccccc32)OC1. The number of rotatable bonds is 3. The number of para-hydroxylation sites is 1. The summed E-state index contributed by atoms with van der Waals surface area (Å²) in [7, 11) is 0. The summed E-state index contributed by atoms with van der Waals surface area (Å²) in [5.74, 6) is -0.918. The van der Waals surface area contributed by atoms with Crippen molar-refractivity contribution in [2.45, 2.75) is 26.2 Å². The summed E-state index contributed by atoms with van der Waals surface area (Å²) in [5.41, 5.74) is 2.82. The third kappa shape index (κ3) is 2.32. The standard InChI is InChI=1S/C17H19NO4/c1-10-8-21-17(22-9-10)12(3)18-11(2)15(16(19)20)13-6-4-5-7-14(13)18/h4-7,12,17H,1,8-9H2,2-3H3,(H,19,20). The average Bonchev–Trinajstić information content (AvgIpc) is 2.79. The molecule has 1 unspecified atom stereocenters. The van der Waals surface area contributed by atoms with Gasteiger partial charge in [0.2, 0.25) is 0 Å². The zero-order valence-electron chi connectivity index (χ0n) is 12.7. The molecule has 0 aliphatic carbocycles. The maximum atomic E-state index is 11.6. The lowest BCUT2D eigenvalue weighted by Crippen LogP contribution is -2.33. The molecule has 1 aromatic carbocycles. The minimum atomic E-state index is -0.918. The van der Waals surface area contributed by atoms with Crippen LogP contribution in [0.5, 0.6) is 0 Å². The highest BCUT2D eigenvalue weighted by atomic mass is 16.7. The summed E-state index contributed by atoms with van der Waals surface area (Å²) in [5, 5.41) is 10.3. The van der Waals surface area contributed by atoms with E-state index < -0.39 is 12.3 Å². The molecular formula is C17H19NO4. The van der Waals surface area contributed by atoms with Crippen LogP contribution in [0.4, 0.5) is 0 Å². The Labute approximate surface area is 128 Å². The smallest absolute Gasteiger partial charge is 0.338 e. The van der Waals surface area contributed by atoms with Crippen molar-refractivity contribution >= 4 is 16.9 Å². The molecule has 22 heavy (non-hydrogen) atoms. The Morgan fingerprint density at radius 1 is 1.36 bits per heavy atom. The monoisotopic (exact) mass is 301 g/mol. The molecule has 116 valence electrons. The van der Waals surface area contributed by atoms with Crippen LogP contribution in [0, 0.1) is 6.92 Å². The summed E-state index contributed by atoms with van der Waals surface area (Å²) in [6, 6.07) is 7.38. The molecule has 0 amide bonds. The van der Waals surface area contributed by atoms with Gasteiger partial charge in [0.1, 0.15) is 0 Å². The van der Waals surface area contributed by atoms with E-state index in [0.717, 1.165) is 16.5 Å². The molecule has 1 N–H and O–H groups in total. The van der Waals surface area contributed by atoms with Gasteiger partial charge in [0.05, 0.1) is 24.8 Å². The predicted octanol–water partition coefficient (Wildman–Crippen LogP) is 3.14. The Morgan fingerprint density at radius 2 is 2.00 bits per heavy atom. The van der Waals surface area contributed by atoms with Gasteiger partial charge in [-0.3, -0.25) is 0 Å². The number of aromatic nitrogens is 1. The van der Waals surface area contributed by atoms with E-state index in [1.54, 1.807) is 0 Å². The van der Waals surface area contributed by atoms with Gasteiger partial charge in [0.25, 0.3) is 0 Å². The molecule has 3 rings (SSSR count). The van der Waals surface area contributed by atoms with Gasteiger partial charge in [-0.2, -0.15) is 0 Å². The first kappa shape index (κ1) is 14.8. The Balaban J connectivity index is 2.08. The molecule has 1 atom stereocenters. The molecule has 1 aliphatic rings. The number of nitrogens with zero attached hydrogens (tertiary/aromatic N) is 1. The van der Waals surface area contributed by atoms with E-state index in [1.807, 2.05) is 42.7 Å². The van der Waals surface area contributed by atoms with Crippen LogP contribution in [0.1, 0.15) is 29.0 Å². The quantitative estimate of drug-likeness (QED) is 0.885. The molecule has 2 aromatic rings. The maximum Gasteiger partial charge on any atom is 0.338 e. The largest absolute Gasteiger partial charge is 0.478 e. The first-order valence-electron chi connectivity index (χ1n) is 7.23. The van der Waals surface area contributed by atoms with Crippen LogP contribution in [-0.4, -0.2) is 35.1 Å². The van der Waals surface area contributed by atoms with Crippen molar-refractivity contribution < 1.29 is 19.4 Å². The fourth-order valence-corrected chi connectivity index (χ4v) is 3.08. The van der Waals surface area contributed by atoms with Crippen LogP contribution in [-0.2, 0) is 9.47 Å². The zero-order valence-corrected chi connectivity index (χ0v) is 12.7. The van der Waals surface area contributed by atoms with Gasteiger partial charge in [0.15, 0.2) is 6.29 Å². The molecular weight excluding hydrogens is 282 g/mol. The van der Waals surface area contributed by atoms with Crippen molar-refractivity contribution in [1.82, 2.24) is 4.57 Å². The highest BCUT2D eigenvalue weighted by Gasteiger charge is 2.29. The fourth-order valence-electron chi connectivity index (χ4n) is 3.08. The van der Waals surface area contributed by atoms with Crippen molar-refractivity contribution in [1.29, 1.82) is 0 Å². The second-order valence-electron chi connectivity index (χ2n) is 5.63. The highest BCUT2D eigenvalue weighted by molar-refractivity contribution is 6.05. The molecule has 5 heteroatoms. The van der Waals surface area contributed by atoms with Crippen molar-refractivity contribution in [3.05, 3.63) is 47.7 Å². The number of benzene rings is 1. The first-order valence-corrected chi connectivity index (χ1v) is 7.23. The molecule has 1 aromatic heterocycles. The van der Waals surface area contributed by atoms with E-state index in [4.69, 9.17) is 9.47 Å². The minimum absolute atomic E-state index is 0.133. The third-order valence-electron chi connectivity index (χ3n) is 4.07. The second kappa shape index (κ2) is 5.59. The van der Waals surface area contributed by atoms with E-state index in [-0.39, 0.29) is 6.04 Å². The third-order valence-corrected chi connectivity index (χ3v) is 4.07. The van der Waals surface area contributed by atoms with Crippen molar-refractivity contribution in [2.24, 2.45) is 0 Å². The van der Waals surface area contributed by atoms with Crippen LogP contribution in [0.2, 0.25) is 0 Å². The zero-order chi connectivity index (χ0) is 15.9. The van der Waals surface area contributed by atoms with E-state index in [2.05, 4.69) is 6.58 Å². The number of hydrogen-bond acceptors (Lipinski definition) is 3. The first-order chi connectivity index (χ1) is 10.5. The van der Waals surface area contributed by atoms with Crippen molar-refractivity contribution in [2.75, 3.05) is 13.2 Å². The molecule has 1 saturated heterocycles. The van der Waals surface area contributed by atoms with Gasteiger partial charge >= 0.3 is 5.97 Å². The summed E-state index contributed by atoms with van der Waals surface area (Å²) < 4.78 is 13.4. The normalized spacial score (nSPS) is 17.8. The molecule has 1 aliphatic heterocycles. The van der Waals surface area contributed by atoms with Gasteiger partial charge < -0.3 is 19.1 Å². The summed E-state index contributed by atoms with van der Waals surface area (Å²) >= 11 is 0. The summed E-state index contributed by atoms with van der Waals surface area (Å²) in [6.45, 7) is 8.58. The lowest BCUT2D eigenvalue weighted by Gasteiger charge is -2.31. The van der Waals surface area contributed by atoms with Crippen LogP contribution < -0.4 is 0 Å². The molecule has 2 heterocycles. The number of ether oxygens (including phenoxy) is 2. The number of aromatic carboxylic acids is 1. The van der Waals surface area contributed by atoms with Crippen LogP contribution in [0.25, 0.3) is 10.9 Å². The summed E-state index contributed by atoms with van der Waals surface area (Å²) in [4.78, 5) is 11.6. The lowest BCUT2D eigenvalue weighted by molar-refractivity contribution is -0.177. The van der Waals surface area contributed by atoms with Crippen molar-refractivity contribution in [3.63, 3.8) is 0 Å². The van der Waals surface area contributed by atoms with Crippen LogP contribution >= 0.6 is 0 Å². The molecule has 0 radical (unpaired) electrons. The molecule has 0 saturated carbocycles. The predicted molar refractivity (Wildman–Crippen MR) is 83.2 cm³/mol. The average molecular weight is 301 g/mol. The number of carboxylic acids is 1. The van der Waals surface area contributed by atoms with Crippen molar-refractivity contribution in [3.8, 4) is 0 Å². The molecule has 1 fully saturated rings. The van der Waals surface area contributed by atoms with E-state index in [1.165, 1.54) is 0 Å². The molecule has 0 spiro atoms. The highest BCUT2D eigenvalue weighted by Crippen LogP contribution is 2.32. The Hall–Kier alpha value is -2.11. The fraction of sp³-hybridized carbons (Fsp3) is 0.353. The topological polar surface area (TPSA) is 60.7 Å². The Bertz CT molecular complexity index is 736. The van der Waals surface area contributed by atoms with Gasteiger partial charge in [-0.1, -0.05) is 24.8 Å². The van der Waals surface area contributed by atoms with Crippen LogP contribution in [0.3, 0.4) is 0 Å². The van der Waals surface area contributed by atoms with E-state index in [9.17, 15) is 9.90 Å². The Morgan fingerprint density at radius 3 is 2.64 bits per heavy atom. The number of carboxylic acid groups (broad SMARTS) is 1. The lowest BCUT2D eigenvalue weighted by atomic mass is 10.1. The summed E-state index contributed by atoms with van der Waals surface area (Å²) in [6.07, 6.45) is -0.415. The number of carbonyl (C=O) groups is 1. The number of fused-ring (bicyclic) bond motifs is 1. The number of hydrogen-bond donors (Lipinski definition) is 1. The molecule has 0 bridgehead atoms.